The van der Waals surface area contributed by atoms with Gasteiger partial charge in [0.15, 0.2) is 0 Å². The van der Waals surface area contributed by atoms with Crippen LogP contribution in [-0.2, 0) is 4.74 Å². The molecule has 1 aliphatic heterocycles. The largest absolute Gasteiger partial charge is 0.381 e. The third kappa shape index (κ3) is 3.87. The van der Waals surface area contributed by atoms with Gasteiger partial charge in [0.05, 0.1) is 0 Å². The summed E-state index contributed by atoms with van der Waals surface area (Å²) in [7, 11) is 0. The van der Waals surface area contributed by atoms with Crippen LogP contribution < -0.4 is 0 Å². The SMILES string of the molecule is CC(C)CN(CC1(CS)CCOCC1)C1CC1. The summed E-state index contributed by atoms with van der Waals surface area (Å²) in [6.45, 7) is 9.00. The molecule has 2 nitrogen and oxygen atoms in total. The molecule has 0 N–H and O–H groups in total. The Hall–Kier alpha value is 0.270. The second kappa shape index (κ2) is 5.94. The van der Waals surface area contributed by atoms with Crippen LogP contribution in [0.3, 0.4) is 0 Å². The molecule has 2 fully saturated rings. The first-order valence-corrected chi connectivity index (χ1v) is 7.71. The van der Waals surface area contributed by atoms with Crippen LogP contribution in [0.2, 0.25) is 0 Å². The van der Waals surface area contributed by atoms with Gasteiger partial charge < -0.3 is 4.74 Å². The maximum atomic E-state index is 5.51. The molecule has 1 saturated heterocycles. The minimum Gasteiger partial charge on any atom is -0.381 e. The summed E-state index contributed by atoms with van der Waals surface area (Å²) in [6.07, 6.45) is 5.20. The van der Waals surface area contributed by atoms with Crippen LogP contribution in [0.15, 0.2) is 0 Å². The van der Waals surface area contributed by atoms with Crippen molar-refractivity contribution in [2.24, 2.45) is 11.3 Å². The van der Waals surface area contributed by atoms with E-state index in [4.69, 9.17) is 4.74 Å². The predicted molar refractivity (Wildman–Crippen MR) is 75.8 cm³/mol. The van der Waals surface area contributed by atoms with Crippen molar-refractivity contribution in [2.45, 2.75) is 45.6 Å². The molecule has 1 saturated carbocycles. The van der Waals surface area contributed by atoms with Gasteiger partial charge in [-0.05, 0) is 42.8 Å². The first-order valence-electron chi connectivity index (χ1n) is 7.08. The third-order valence-corrected chi connectivity index (χ3v) is 4.76. The van der Waals surface area contributed by atoms with E-state index in [1.807, 2.05) is 0 Å². The van der Waals surface area contributed by atoms with E-state index in [1.165, 1.54) is 38.8 Å². The van der Waals surface area contributed by atoms with Crippen molar-refractivity contribution >= 4 is 12.6 Å². The fourth-order valence-corrected chi connectivity index (χ4v) is 3.27. The normalized spacial score (nSPS) is 24.5. The Kier molecular flexibility index (Phi) is 4.79. The number of ether oxygens (including phenoxy) is 1. The monoisotopic (exact) mass is 257 g/mol. The molecule has 17 heavy (non-hydrogen) atoms. The van der Waals surface area contributed by atoms with Gasteiger partial charge in [-0.15, -0.1) is 0 Å². The molecule has 3 heteroatoms. The molecule has 1 heterocycles. The highest BCUT2D eigenvalue weighted by molar-refractivity contribution is 7.80. The average molecular weight is 257 g/mol. The highest BCUT2D eigenvalue weighted by Gasteiger charge is 2.38. The Balaban J connectivity index is 1.94. The van der Waals surface area contributed by atoms with Gasteiger partial charge in [-0.2, -0.15) is 12.6 Å². The molecule has 0 amide bonds. The van der Waals surface area contributed by atoms with Gasteiger partial charge in [0, 0.05) is 32.3 Å². The van der Waals surface area contributed by atoms with E-state index in [2.05, 4.69) is 31.4 Å². The second-order valence-corrected chi connectivity index (χ2v) is 6.64. The van der Waals surface area contributed by atoms with Crippen LogP contribution in [0.1, 0.15) is 39.5 Å². The molecule has 2 aliphatic rings. The molecule has 0 aromatic carbocycles. The molecule has 0 atom stereocenters. The minimum absolute atomic E-state index is 0.416. The summed E-state index contributed by atoms with van der Waals surface area (Å²) >= 11 is 4.62. The van der Waals surface area contributed by atoms with Crippen LogP contribution in [0.4, 0.5) is 0 Å². The van der Waals surface area contributed by atoms with E-state index in [-0.39, 0.29) is 0 Å². The van der Waals surface area contributed by atoms with Gasteiger partial charge in [-0.1, -0.05) is 13.8 Å². The van der Waals surface area contributed by atoms with Crippen molar-refractivity contribution in [3.8, 4) is 0 Å². The molecule has 2 rings (SSSR count). The molecule has 0 aromatic heterocycles. The van der Waals surface area contributed by atoms with Gasteiger partial charge >= 0.3 is 0 Å². The lowest BCUT2D eigenvalue weighted by Gasteiger charge is -2.40. The van der Waals surface area contributed by atoms with E-state index in [0.29, 0.717) is 5.41 Å². The third-order valence-electron chi connectivity index (χ3n) is 4.09. The van der Waals surface area contributed by atoms with Crippen molar-refractivity contribution in [1.29, 1.82) is 0 Å². The molecule has 0 radical (unpaired) electrons. The smallest absolute Gasteiger partial charge is 0.0472 e. The lowest BCUT2D eigenvalue weighted by Crippen LogP contribution is -2.44. The van der Waals surface area contributed by atoms with E-state index >= 15 is 0 Å². The minimum atomic E-state index is 0.416. The first kappa shape index (κ1) is 13.7. The Bertz CT molecular complexity index is 234. The zero-order valence-electron chi connectivity index (χ0n) is 11.3. The van der Waals surface area contributed by atoms with Crippen LogP contribution >= 0.6 is 12.6 Å². The number of nitrogens with zero attached hydrogens (tertiary/aromatic N) is 1. The summed E-state index contributed by atoms with van der Waals surface area (Å²) in [4.78, 5) is 2.73. The predicted octanol–water partition coefficient (Wildman–Crippen LogP) is 2.83. The van der Waals surface area contributed by atoms with Crippen LogP contribution in [0.5, 0.6) is 0 Å². The lowest BCUT2D eigenvalue weighted by atomic mass is 9.81. The Morgan fingerprint density at radius 1 is 1.29 bits per heavy atom. The molecule has 0 aromatic rings. The zero-order valence-corrected chi connectivity index (χ0v) is 12.2. The topological polar surface area (TPSA) is 12.5 Å². The summed E-state index contributed by atoms with van der Waals surface area (Å²) in [6, 6.07) is 0.872. The average Bonchev–Trinajstić information content (AvgIpc) is 3.13. The van der Waals surface area contributed by atoms with Crippen LogP contribution in [-0.4, -0.2) is 43.0 Å². The van der Waals surface area contributed by atoms with Gasteiger partial charge in [0.1, 0.15) is 0 Å². The van der Waals surface area contributed by atoms with Crippen molar-refractivity contribution in [3.05, 3.63) is 0 Å². The molecular formula is C14H27NOS. The summed E-state index contributed by atoms with van der Waals surface area (Å²) in [5.74, 6) is 1.78. The highest BCUT2D eigenvalue weighted by atomic mass is 32.1. The summed E-state index contributed by atoms with van der Waals surface area (Å²) in [5, 5.41) is 0. The summed E-state index contributed by atoms with van der Waals surface area (Å²) in [5.41, 5.74) is 0.416. The molecule has 1 aliphatic carbocycles. The first-order chi connectivity index (χ1) is 8.15. The molecule has 100 valence electrons. The standard InChI is InChI=1S/C14H27NOS/c1-12(2)9-15(13-3-4-13)10-14(11-17)5-7-16-8-6-14/h12-13,17H,3-11H2,1-2H3. The Morgan fingerprint density at radius 2 is 1.94 bits per heavy atom. The van der Waals surface area contributed by atoms with Crippen molar-refractivity contribution < 1.29 is 4.74 Å². The van der Waals surface area contributed by atoms with E-state index < -0.39 is 0 Å². The van der Waals surface area contributed by atoms with Gasteiger partial charge in [-0.25, -0.2) is 0 Å². The number of hydrogen-bond donors (Lipinski definition) is 1. The molecule has 0 spiro atoms. The summed E-state index contributed by atoms with van der Waals surface area (Å²) < 4.78 is 5.51. The number of thiol groups is 1. The molecule has 0 unspecified atom stereocenters. The molecular weight excluding hydrogens is 230 g/mol. The highest BCUT2D eigenvalue weighted by Crippen LogP contribution is 2.37. The maximum Gasteiger partial charge on any atom is 0.0472 e. The quantitative estimate of drug-likeness (QED) is 0.735. The van der Waals surface area contributed by atoms with E-state index in [0.717, 1.165) is 30.9 Å². The number of hydrogen-bond acceptors (Lipinski definition) is 3. The number of rotatable bonds is 6. The van der Waals surface area contributed by atoms with E-state index in [1.54, 1.807) is 0 Å². The van der Waals surface area contributed by atoms with Gasteiger partial charge in [-0.3, -0.25) is 4.90 Å². The van der Waals surface area contributed by atoms with Crippen molar-refractivity contribution in [1.82, 2.24) is 4.90 Å². The van der Waals surface area contributed by atoms with Crippen molar-refractivity contribution in [3.63, 3.8) is 0 Å². The fraction of sp³-hybridized carbons (Fsp3) is 1.00. The Labute approximate surface area is 112 Å². The molecule has 0 bridgehead atoms. The zero-order chi connectivity index (χ0) is 12.3. The van der Waals surface area contributed by atoms with Crippen LogP contribution in [0, 0.1) is 11.3 Å². The van der Waals surface area contributed by atoms with E-state index in [9.17, 15) is 0 Å². The Morgan fingerprint density at radius 3 is 2.41 bits per heavy atom. The second-order valence-electron chi connectivity index (χ2n) is 6.32. The van der Waals surface area contributed by atoms with Gasteiger partial charge in [0.2, 0.25) is 0 Å². The van der Waals surface area contributed by atoms with Crippen LogP contribution in [0.25, 0.3) is 0 Å². The van der Waals surface area contributed by atoms with Gasteiger partial charge in [0.25, 0.3) is 0 Å². The maximum absolute atomic E-state index is 5.51. The lowest BCUT2D eigenvalue weighted by molar-refractivity contribution is 0.00448. The van der Waals surface area contributed by atoms with Crippen molar-refractivity contribution in [2.75, 3.05) is 32.1 Å². The fourth-order valence-electron chi connectivity index (χ4n) is 2.85.